The first-order valence-corrected chi connectivity index (χ1v) is 7.32. The summed E-state index contributed by atoms with van der Waals surface area (Å²) < 4.78 is 19.0. The molecule has 0 aromatic heterocycles. The summed E-state index contributed by atoms with van der Waals surface area (Å²) in [5.41, 5.74) is 1.94. The van der Waals surface area contributed by atoms with Crippen molar-refractivity contribution in [2.24, 2.45) is 0 Å². The van der Waals surface area contributed by atoms with Crippen LogP contribution in [0.2, 0.25) is 5.02 Å². The van der Waals surface area contributed by atoms with Crippen LogP contribution in [0.3, 0.4) is 0 Å². The van der Waals surface area contributed by atoms with Crippen molar-refractivity contribution in [3.05, 3.63) is 64.4 Å². The fourth-order valence-corrected chi connectivity index (χ4v) is 2.10. The van der Waals surface area contributed by atoms with Gasteiger partial charge in [0.1, 0.15) is 18.2 Å². The molecule has 0 saturated carbocycles. The third-order valence-electron chi connectivity index (χ3n) is 3.05. The van der Waals surface area contributed by atoms with Gasteiger partial charge in [-0.05, 0) is 23.8 Å². The minimum absolute atomic E-state index is 0.117. The normalized spacial score (nSPS) is 10.9. The van der Waals surface area contributed by atoms with E-state index >= 15 is 0 Å². The maximum atomic E-state index is 13.1. The summed E-state index contributed by atoms with van der Waals surface area (Å²) in [6, 6.07) is 12.9. The molecule has 4 heteroatoms. The van der Waals surface area contributed by atoms with Crippen LogP contribution in [0.15, 0.2) is 42.5 Å². The van der Waals surface area contributed by atoms with Crippen molar-refractivity contribution in [2.45, 2.75) is 33.0 Å². The molecule has 0 atom stereocenters. The van der Waals surface area contributed by atoms with Gasteiger partial charge in [0.2, 0.25) is 0 Å². The molecule has 0 aliphatic rings. The van der Waals surface area contributed by atoms with E-state index in [1.54, 1.807) is 12.1 Å². The molecule has 0 bridgehead atoms. The highest BCUT2D eigenvalue weighted by Gasteiger charge is 2.05. The van der Waals surface area contributed by atoms with Crippen LogP contribution in [0, 0.1) is 5.82 Å². The molecule has 2 rings (SSSR count). The molecule has 0 saturated heterocycles. The zero-order chi connectivity index (χ0) is 15.2. The van der Waals surface area contributed by atoms with Crippen molar-refractivity contribution in [3.8, 4) is 5.75 Å². The highest BCUT2D eigenvalue weighted by atomic mass is 35.5. The number of benzene rings is 2. The third-order valence-corrected chi connectivity index (χ3v) is 3.34. The van der Waals surface area contributed by atoms with E-state index in [1.807, 2.05) is 24.3 Å². The third kappa shape index (κ3) is 4.73. The molecule has 1 N–H and O–H groups in total. The smallest absolute Gasteiger partial charge is 0.141 e. The van der Waals surface area contributed by atoms with Gasteiger partial charge in [-0.1, -0.05) is 49.7 Å². The molecule has 21 heavy (non-hydrogen) atoms. The van der Waals surface area contributed by atoms with Gasteiger partial charge in [0.15, 0.2) is 0 Å². The van der Waals surface area contributed by atoms with Gasteiger partial charge in [0.25, 0.3) is 0 Å². The molecule has 2 aromatic carbocycles. The van der Waals surface area contributed by atoms with Crippen molar-refractivity contribution in [1.29, 1.82) is 0 Å². The maximum absolute atomic E-state index is 13.1. The zero-order valence-corrected chi connectivity index (χ0v) is 13.0. The number of para-hydroxylation sites is 1. The Kier molecular flexibility index (Phi) is 5.59. The second-order valence-corrected chi connectivity index (χ2v) is 5.59. The number of ether oxygens (including phenoxy) is 1. The summed E-state index contributed by atoms with van der Waals surface area (Å²) >= 11 is 5.77. The van der Waals surface area contributed by atoms with E-state index in [4.69, 9.17) is 16.3 Å². The van der Waals surface area contributed by atoms with E-state index in [2.05, 4.69) is 19.2 Å². The van der Waals surface area contributed by atoms with Gasteiger partial charge in [-0.25, -0.2) is 4.39 Å². The van der Waals surface area contributed by atoms with E-state index in [1.165, 1.54) is 6.07 Å². The topological polar surface area (TPSA) is 21.3 Å². The molecular formula is C17H19ClFNO. The molecule has 112 valence electrons. The Balaban J connectivity index is 2.03. The van der Waals surface area contributed by atoms with Gasteiger partial charge < -0.3 is 10.1 Å². The monoisotopic (exact) mass is 307 g/mol. The molecule has 0 fully saturated rings. The quantitative estimate of drug-likeness (QED) is 0.845. The summed E-state index contributed by atoms with van der Waals surface area (Å²) in [6.07, 6.45) is 0. The van der Waals surface area contributed by atoms with Crippen LogP contribution < -0.4 is 10.1 Å². The Morgan fingerprint density at radius 1 is 1.19 bits per heavy atom. The predicted molar refractivity (Wildman–Crippen MR) is 84.2 cm³/mol. The van der Waals surface area contributed by atoms with Crippen molar-refractivity contribution in [2.75, 3.05) is 0 Å². The van der Waals surface area contributed by atoms with E-state index in [-0.39, 0.29) is 5.02 Å². The van der Waals surface area contributed by atoms with Gasteiger partial charge >= 0.3 is 0 Å². The predicted octanol–water partition coefficient (Wildman–Crippen LogP) is 4.56. The van der Waals surface area contributed by atoms with Crippen LogP contribution in [0.4, 0.5) is 4.39 Å². The first-order valence-electron chi connectivity index (χ1n) is 6.94. The SMILES string of the molecule is CC(C)NCc1ccccc1OCc1ccc(F)c(Cl)c1. The molecule has 0 radical (unpaired) electrons. The Morgan fingerprint density at radius 2 is 1.95 bits per heavy atom. The Hall–Kier alpha value is -1.58. The van der Waals surface area contributed by atoms with E-state index in [0.29, 0.717) is 12.6 Å². The maximum Gasteiger partial charge on any atom is 0.141 e. The minimum atomic E-state index is -0.415. The zero-order valence-electron chi connectivity index (χ0n) is 12.2. The standard InChI is InChI=1S/C17H19ClFNO/c1-12(2)20-10-14-5-3-4-6-17(14)21-11-13-7-8-16(19)15(18)9-13/h3-9,12,20H,10-11H2,1-2H3. The van der Waals surface area contributed by atoms with Crippen LogP contribution >= 0.6 is 11.6 Å². The Bertz CT molecular complexity index is 601. The molecule has 0 heterocycles. The number of hydrogen-bond donors (Lipinski definition) is 1. The minimum Gasteiger partial charge on any atom is -0.489 e. The molecular weight excluding hydrogens is 289 g/mol. The average molecular weight is 308 g/mol. The van der Waals surface area contributed by atoms with E-state index in [0.717, 1.165) is 23.4 Å². The summed E-state index contributed by atoms with van der Waals surface area (Å²) in [4.78, 5) is 0. The number of nitrogens with one attached hydrogen (secondary N) is 1. The molecule has 0 aliphatic carbocycles. The molecule has 2 aromatic rings. The first-order chi connectivity index (χ1) is 10.1. The summed E-state index contributed by atoms with van der Waals surface area (Å²) in [5, 5.41) is 3.48. The summed E-state index contributed by atoms with van der Waals surface area (Å²) in [7, 11) is 0. The van der Waals surface area contributed by atoms with Crippen molar-refractivity contribution < 1.29 is 9.13 Å². The van der Waals surface area contributed by atoms with Crippen LogP contribution in [0.25, 0.3) is 0 Å². The van der Waals surface area contributed by atoms with E-state index < -0.39 is 5.82 Å². The van der Waals surface area contributed by atoms with Crippen LogP contribution in [-0.2, 0) is 13.2 Å². The lowest BCUT2D eigenvalue weighted by Crippen LogP contribution is -2.22. The lowest BCUT2D eigenvalue weighted by molar-refractivity contribution is 0.301. The lowest BCUT2D eigenvalue weighted by Gasteiger charge is -2.14. The molecule has 2 nitrogen and oxygen atoms in total. The van der Waals surface area contributed by atoms with Gasteiger partial charge in [-0.2, -0.15) is 0 Å². The molecule has 0 amide bonds. The Morgan fingerprint density at radius 3 is 2.67 bits per heavy atom. The molecule has 0 aliphatic heterocycles. The second-order valence-electron chi connectivity index (χ2n) is 5.18. The summed E-state index contributed by atoms with van der Waals surface area (Å²) in [5.74, 6) is 0.410. The van der Waals surface area contributed by atoms with Crippen molar-refractivity contribution in [3.63, 3.8) is 0 Å². The molecule has 0 spiro atoms. The lowest BCUT2D eigenvalue weighted by atomic mass is 10.2. The van der Waals surface area contributed by atoms with Gasteiger partial charge in [-0.3, -0.25) is 0 Å². The van der Waals surface area contributed by atoms with Gasteiger partial charge in [0, 0.05) is 18.2 Å². The van der Waals surface area contributed by atoms with Gasteiger partial charge in [0.05, 0.1) is 5.02 Å². The summed E-state index contributed by atoms with van der Waals surface area (Å²) in [6.45, 7) is 5.31. The van der Waals surface area contributed by atoms with Crippen molar-refractivity contribution >= 4 is 11.6 Å². The fourth-order valence-electron chi connectivity index (χ4n) is 1.90. The largest absolute Gasteiger partial charge is 0.489 e. The number of rotatable bonds is 6. The number of hydrogen-bond acceptors (Lipinski definition) is 2. The van der Waals surface area contributed by atoms with Crippen molar-refractivity contribution in [1.82, 2.24) is 5.32 Å². The van der Waals surface area contributed by atoms with Crippen LogP contribution in [0.1, 0.15) is 25.0 Å². The fraction of sp³-hybridized carbons (Fsp3) is 0.294. The van der Waals surface area contributed by atoms with Crippen LogP contribution in [0.5, 0.6) is 5.75 Å². The first kappa shape index (κ1) is 15.8. The van der Waals surface area contributed by atoms with Gasteiger partial charge in [-0.15, -0.1) is 0 Å². The van der Waals surface area contributed by atoms with E-state index in [9.17, 15) is 4.39 Å². The Labute approximate surface area is 129 Å². The average Bonchev–Trinajstić information content (AvgIpc) is 2.47. The van der Waals surface area contributed by atoms with Crippen LogP contribution in [-0.4, -0.2) is 6.04 Å². The highest BCUT2D eigenvalue weighted by Crippen LogP contribution is 2.21. The highest BCUT2D eigenvalue weighted by molar-refractivity contribution is 6.30. The number of halogens is 2. The molecule has 0 unspecified atom stereocenters. The second kappa shape index (κ2) is 7.43.